The van der Waals surface area contributed by atoms with E-state index < -0.39 is 5.41 Å². The molecule has 2 aromatic rings. The van der Waals surface area contributed by atoms with E-state index in [4.69, 9.17) is 0 Å². The summed E-state index contributed by atoms with van der Waals surface area (Å²) in [6.45, 7) is 8.08. The molecule has 0 unspecified atom stereocenters. The minimum Gasteiger partial charge on any atom is -0.325 e. The lowest BCUT2D eigenvalue weighted by atomic mass is 9.86. The molecule has 0 radical (unpaired) electrons. The van der Waals surface area contributed by atoms with E-state index >= 15 is 0 Å². The first-order valence-corrected chi connectivity index (χ1v) is 8.62. The summed E-state index contributed by atoms with van der Waals surface area (Å²) in [4.78, 5) is 26.8. The van der Waals surface area contributed by atoms with E-state index in [-0.39, 0.29) is 18.4 Å². The fourth-order valence-electron chi connectivity index (χ4n) is 3.25. The first-order valence-electron chi connectivity index (χ1n) is 8.62. The summed E-state index contributed by atoms with van der Waals surface area (Å²) < 4.78 is 0. The van der Waals surface area contributed by atoms with Crippen LogP contribution in [0.1, 0.15) is 44.7 Å². The van der Waals surface area contributed by atoms with Crippen LogP contribution in [0.25, 0.3) is 0 Å². The van der Waals surface area contributed by atoms with Crippen LogP contribution in [0.4, 0.5) is 11.4 Å². The van der Waals surface area contributed by atoms with Gasteiger partial charge in [0.05, 0.1) is 5.41 Å². The predicted octanol–water partition coefficient (Wildman–Crippen LogP) is 4.07. The lowest BCUT2D eigenvalue weighted by molar-refractivity contribution is -0.124. The van der Waals surface area contributed by atoms with Gasteiger partial charge < -0.3 is 10.2 Å². The van der Waals surface area contributed by atoms with Crippen LogP contribution in [0, 0.1) is 0 Å². The van der Waals surface area contributed by atoms with E-state index in [1.54, 1.807) is 4.90 Å². The monoisotopic (exact) mass is 336 g/mol. The number of anilines is 2. The zero-order valence-corrected chi connectivity index (χ0v) is 15.2. The molecule has 25 heavy (non-hydrogen) atoms. The summed E-state index contributed by atoms with van der Waals surface area (Å²) in [6.07, 6.45) is 0. The highest BCUT2D eigenvalue weighted by Crippen LogP contribution is 2.41. The van der Waals surface area contributed by atoms with E-state index in [1.807, 2.05) is 62.4 Å². The Kier molecular flexibility index (Phi) is 4.38. The minimum atomic E-state index is -0.601. The summed E-state index contributed by atoms with van der Waals surface area (Å²) in [5, 5.41) is 2.88. The van der Waals surface area contributed by atoms with Gasteiger partial charge in [0.25, 0.3) is 0 Å². The fraction of sp³-hybridized carbons (Fsp3) is 0.333. The topological polar surface area (TPSA) is 49.4 Å². The SMILES string of the molecule is CC(C)c1ccc(NC(=O)CN2C(=O)C(C)(C)c3ccccc32)cc1. The quantitative estimate of drug-likeness (QED) is 0.915. The molecule has 1 heterocycles. The number of hydrogen-bond donors (Lipinski definition) is 1. The molecule has 4 nitrogen and oxygen atoms in total. The summed E-state index contributed by atoms with van der Waals surface area (Å²) in [6, 6.07) is 15.5. The molecule has 1 aliphatic rings. The van der Waals surface area contributed by atoms with Gasteiger partial charge in [-0.2, -0.15) is 0 Å². The number of nitrogens with one attached hydrogen (secondary N) is 1. The second-order valence-electron chi connectivity index (χ2n) is 7.36. The van der Waals surface area contributed by atoms with Crippen molar-refractivity contribution in [2.45, 2.75) is 39.0 Å². The number of para-hydroxylation sites is 1. The van der Waals surface area contributed by atoms with Gasteiger partial charge in [0.1, 0.15) is 6.54 Å². The zero-order valence-electron chi connectivity index (χ0n) is 15.2. The maximum absolute atomic E-state index is 12.7. The summed E-state index contributed by atoms with van der Waals surface area (Å²) in [7, 11) is 0. The third-order valence-corrected chi connectivity index (χ3v) is 4.81. The molecule has 0 atom stereocenters. The highest BCUT2D eigenvalue weighted by Gasteiger charge is 2.44. The number of benzene rings is 2. The van der Waals surface area contributed by atoms with Crippen LogP contribution in [0.15, 0.2) is 48.5 Å². The molecule has 0 fully saturated rings. The van der Waals surface area contributed by atoms with Crippen molar-refractivity contribution < 1.29 is 9.59 Å². The molecule has 0 aliphatic carbocycles. The van der Waals surface area contributed by atoms with Gasteiger partial charge in [0, 0.05) is 11.4 Å². The van der Waals surface area contributed by atoms with E-state index in [2.05, 4.69) is 19.2 Å². The summed E-state index contributed by atoms with van der Waals surface area (Å²) in [5.41, 5.74) is 3.16. The van der Waals surface area contributed by atoms with Crippen LogP contribution >= 0.6 is 0 Å². The van der Waals surface area contributed by atoms with Crippen molar-refractivity contribution in [3.8, 4) is 0 Å². The Morgan fingerprint density at radius 1 is 1.08 bits per heavy atom. The molecule has 1 aliphatic heterocycles. The van der Waals surface area contributed by atoms with E-state index in [1.165, 1.54) is 5.56 Å². The molecule has 4 heteroatoms. The van der Waals surface area contributed by atoms with Crippen LogP contribution in [-0.2, 0) is 15.0 Å². The smallest absolute Gasteiger partial charge is 0.244 e. The van der Waals surface area contributed by atoms with Gasteiger partial charge in [-0.3, -0.25) is 9.59 Å². The molecule has 1 N–H and O–H groups in total. The highest BCUT2D eigenvalue weighted by molar-refractivity contribution is 6.11. The van der Waals surface area contributed by atoms with Gasteiger partial charge in [-0.05, 0) is 49.1 Å². The fourth-order valence-corrected chi connectivity index (χ4v) is 3.25. The van der Waals surface area contributed by atoms with Gasteiger partial charge in [0.15, 0.2) is 0 Å². The standard InChI is InChI=1S/C21H24N2O2/c1-14(2)15-9-11-16(12-10-15)22-19(24)13-23-18-8-6-5-7-17(18)21(3,4)20(23)25/h5-12,14H,13H2,1-4H3,(H,22,24). The third-order valence-electron chi connectivity index (χ3n) is 4.81. The Bertz CT molecular complexity index is 807. The first kappa shape index (κ1) is 17.2. The number of hydrogen-bond acceptors (Lipinski definition) is 2. The molecular weight excluding hydrogens is 312 g/mol. The molecule has 130 valence electrons. The maximum atomic E-state index is 12.7. The molecule has 2 aromatic carbocycles. The number of carbonyl (C=O) groups is 2. The van der Waals surface area contributed by atoms with Crippen LogP contribution in [0.3, 0.4) is 0 Å². The van der Waals surface area contributed by atoms with Gasteiger partial charge in [-0.15, -0.1) is 0 Å². The van der Waals surface area contributed by atoms with E-state index in [9.17, 15) is 9.59 Å². The Labute approximate surface area is 148 Å². The van der Waals surface area contributed by atoms with E-state index in [0.717, 1.165) is 16.9 Å². The predicted molar refractivity (Wildman–Crippen MR) is 101 cm³/mol. The molecule has 0 bridgehead atoms. The van der Waals surface area contributed by atoms with Crippen molar-refractivity contribution in [1.29, 1.82) is 0 Å². The Hall–Kier alpha value is -2.62. The largest absolute Gasteiger partial charge is 0.325 e. The molecule has 0 spiro atoms. The molecule has 0 saturated heterocycles. The summed E-state index contributed by atoms with van der Waals surface area (Å²) in [5.74, 6) is 0.211. The van der Waals surface area contributed by atoms with Crippen molar-refractivity contribution in [3.05, 3.63) is 59.7 Å². The van der Waals surface area contributed by atoms with Gasteiger partial charge >= 0.3 is 0 Å². The van der Waals surface area contributed by atoms with Crippen molar-refractivity contribution in [3.63, 3.8) is 0 Å². The zero-order chi connectivity index (χ0) is 18.2. The number of fused-ring (bicyclic) bond motifs is 1. The number of rotatable bonds is 4. The first-order chi connectivity index (χ1) is 11.8. The Morgan fingerprint density at radius 2 is 1.72 bits per heavy atom. The number of amides is 2. The van der Waals surface area contributed by atoms with Crippen molar-refractivity contribution in [2.75, 3.05) is 16.8 Å². The van der Waals surface area contributed by atoms with E-state index in [0.29, 0.717) is 5.92 Å². The van der Waals surface area contributed by atoms with Crippen LogP contribution in [-0.4, -0.2) is 18.4 Å². The van der Waals surface area contributed by atoms with Crippen LogP contribution < -0.4 is 10.2 Å². The average Bonchev–Trinajstić information content (AvgIpc) is 2.77. The van der Waals surface area contributed by atoms with Crippen molar-refractivity contribution in [1.82, 2.24) is 0 Å². The number of carbonyl (C=O) groups excluding carboxylic acids is 2. The summed E-state index contributed by atoms with van der Waals surface area (Å²) >= 11 is 0. The molecule has 0 saturated carbocycles. The van der Waals surface area contributed by atoms with Gasteiger partial charge in [-0.1, -0.05) is 44.2 Å². The van der Waals surface area contributed by atoms with Gasteiger partial charge in [0.2, 0.25) is 11.8 Å². The minimum absolute atomic E-state index is 0.0191. The Balaban J connectivity index is 1.74. The lowest BCUT2D eigenvalue weighted by Gasteiger charge is -2.20. The second kappa shape index (κ2) is 6.36. The molecular formula is C21H24N2O2. The highest BCUT2D eigenvalue weighted by atomic mass is 16.2. The number of nitrogens with zero attached hydrogens (tertiary/aromatic N) is 1. The normalized spacial score (nSPS) is 15.4. The lowest BCUT2D eigenvalue weighted by Crippen LogP contribution is -2.40. The molecule has 0 aromatic heterocycles. The Morgan fingerprint density at radius 3 is 2.36 bits per heavy atom. The van der Waals surface area contributed by atoms with Crippen LogP contribution in [0.2, 0.25) is 0 Å². The molecule has 3 rings (SSSR count). The van der Waals surface area contributed by atoms with Crippen molar-refractivity contribution in [2.24, 2.45) is 0 Å². The maximum Gasteiger partial charge on any atom is 0.244 e. The van der Waals surface area contributed by atoms with Crippen LogP contribution in [0.5, 0.6) is 0 Å². The van der Waals surface area contributed by atoms with Crippen molar-refractivity contribution >= 4 is 23.2 Å². The van der Waals surface area contributed by atoms with Gasteiger partial charge in [-0.25, -0.2) is 0 Å². The second-order valence-corrected chi connectivity index (χ2v) is 7.36. The average molecular weight is 336 g/mol. The molecule has 2 amide bonds. The third kappa shape index (κ3) is 3.16.